The van der Waals surface area contributed by atoms with Crippen LogP contribution in [-0.2, 0) is 4.79 Å². The second-order valence-electron chi connectivity index (χ2n) is 0.692. The predicted molar refractivity (Wildman–Crippen MR) is 33.9 cm³/mol. The summed E-state index contributed by atoms with van der Waals surface area (Å²) in [5.74, 6) is -1.20. The van der Waals surface area contributed by atoms with E-state index in [0.717, 1.165) is 0 Å². The van der Waals surface area contributed by atoms with Gasteiger partial charge in [-0.15, -0.1) is 0 Å². The zero-order valence-corrected chi connectivity index (χ0v) is 10.1. The molecule has 0 spiro atoms. The van der Waals surface area contributed by atoms with Crippen molar-refractivity contribution in [3.63, 3.8) is 0 Å². The van der Waals surface area contributed by atoms with Crippen molar-refractivity contribution in [1.82, 2.24) is 0 Å². The maximum Gasteiger partial charge on any atom is 1.00 e. The van der Waals surface area contributed by atoms with Crippen LogP contribution >= 0.6 is 22.6 Å². The number of carboxylic acid groups (broad SMARTS) is 1. The van der Waals surface area contributed by atoms with Crippen LogP contribution in [0.5, 0.6) is 0 Å². The van der Waals surface area contributed by atoms with Crippen LogP contribution in [0.2, 0.25) is 0 Å². The molecule has 36 valence electrons. The molecule has 0 aromatic heterocycles. The van der Waals surface area contributed by atoms with Crippen LogP contribution in [0, 0.1) is 0 Å². The Kier molecular flexibility index (Phi) is 7.71. The minimum absolute atomic E-state index is 0. The molecule has 0 atom stereocenters. The maximum atomic E-state index is 9.48. The van der Waals surface area contributed by atoms with Crippen molar-refractivity contribution in [2.45, 2.75) is 0 Å². The minimum atomic E-state index is -1.20. The van der Waals surface area contributed by atoms with E-state index in [1.807, 2.05) is 0 Å². The largest absolute Gasteiger partial charge is 1.00 e. The molecule has 0 bridgehead atoms. The summed E-state index contributed by atoms with van der Waals surface area (Å²) >= 11 is 1.58. The average molecular weight is 401 g/mol. The van der Waals surface area contributed by atoms with Gasteiger partial charge >= 0.3 is 27.3 Å². The second-order valence-corrected chi connectivity index (χ2v) is 1.99. The molecular formula is C3H2IO2Tl. The maximum absolute atomic E-state index is 9.48. The average Bonchev–Trinajstić information content (AvgIpc) is 1.36. The number of hydrogen-bond acceptors (Lipinski definition) is 2. The Hall–Kier alpha value is 0.862. The van der Waals surface area contributed by atoms with Crippen LogP contribution < -0.4 is 5.11 Å². The molecule has 0 heterocycles. The van der Waals surface area contributed by atoms with Crippen LogP contribution in [0.3, 0.4) is 0 Å². The van der Waals surface area contributed by atoms with Gasteiger partial charge in [-0.3, -0.25) is 0 Å². The molecular weight excluding hydrogens is 399 g/mol. The van der Waals surface area contributed by atoms with Gasteiger partial charge < -0.3 is 9.90 Å². The fourth-order valence-electron chi connectivity index (χ4n) is 0. The minimum Gasteiger partial charge on any atom is -0.544 e. The number of carboxylic acids is 1. The van der Waals surface area contributed by atoms with Crippen LogP contribution in [0.25, 0.3) is 0 Å². The van der Waals surface area contributed by atoms with E-state index in [1.54, 1.807) is 22.6 Å². The van der Waals surface area contributed by atoms with Crippen LogP contribution in [0.4, 0.5) is 0 Å². The summed E-state index contributed by atoms with van der Waals surface area (Å²) in [5, 5.41) is 9.48. The van der Waals surface area contributed by atoms with Gasteiger partial charge in [0.25, 0.3) is 0 Å². The zero-order chi connectivity index (χ0) is 5.15. The van der Waals surface area contributed by atoms with Crippen molar-refractivity contribution in [3.8, 4) is 0 Å². The first-order valence-corrected chi connectivity index (χ1v) is 2.28. The van der Waals surface area contributed by atoms with Crippen molar-refractivity contribution in [2.75, 3.05) is 0 Å². The van der Waals surface area contributed by atoms with Gasteiger partial charge in [-0.1, -0.05) is 6.58 Å². The van der Waals surface area contributed by atoms with Gasteiger partial charge in [0.1, 0.15) is 0 Å². The van der Waals surface area contributed by atoms with Crippen molar-refractivity contribution < 1.29 is 9.90 Å². The Labute approximate surface area is 75.3 Å². The van der Waals surface area contributed by atoms with E-state index >= 15 is 0 Å². The summed E-state index contributed by atoms with van der Waals surface area (Å²) in [7, 11) is 0. The molecule has 0 N–H and O–H groups in total. The van der Waals surface area contributed by atoms with Gasteiger partial charge in [-0.05, 0) is 22.6 Å². The van der Waals surface area contributed by atoms with Crippen LogP contribution in [0.1, 0.15) is 0 Å². The molecule has 0 radical (unpaired) electrons. The number of carbonyl (C=O) groups excluding carboxylic acids is 1. The van der Waals surface area contributed by atoms with Crippen molar-refractivity contribution >= 4 is 55.9 Å². The summed E-state index contributed by atoms with van der Waals surface area (Å²) in [6, 6.07) is 0. The van der Waals surface area contributed by atoms with E-state index in [4.69, 9.17) is 0 Å². The molecule has 4 heteroatoms. The first kappa shape index (κ1) is 10.8. The molecule has 7 heavy (non-hydrogen) atoms. The third kappa shape index (κ3) is 6.86. The molecule has 0 aliphatic rings. The number of rotatable bonds is 1. The quantitative estimate of drug-likeness (QED) is 0.332. The standard InChI is InChI=1S/C3H3IO2.Tl/c1-2(4)3(5)6;/h1H2,(H,5,6);/q;+1/p-1. The molecule has 0 aliphatic heterocycles. The molecule has 0 amide bonds. The molecule has 0 saturated carbocycles. The number of hydrogen-bond donors (Lipinski definition) is 0. The first-order valence-electron chi connectivity index (χ1n) is 1.20. The number of carbonyl (C=O) groups is 1. The summed E-state index contributed by atoms with van der Waals surface area (Å²) in [6.45, 7) is 3.08. The van der Waals surface area contributed by atoms with Crippen LogP contribution in [0.15, 0.2) is 10.2 Å². The molecule has 0 rings (SSSR count). The van der Waals surface area contributed by atoms with E-state index in [1.165, 1.54) is 0 Å². The van der Waals surface area contributed by atoms with Gasteiger partial charge in [0.05, 0.1) is 5.97 Å². The number of aliphatic carboxylic acids is 1. The Morgan fingerprint density at radius 3 is 1.86 bits per heavy atom. The van der Waals surface area contributed by atoms with E-state index in [2.05, 4.69) is 6.58 Å². The number of halogens is 1. The Morgan fingerprint density at radius 1 is 1.71 bits per heavy atom. The van der Waals surface area contributed by atoms with E-state index < -0.39 is 5.97 Å². The van der Waals surface area contributed by atoms with Crippen LogP contribution in [-0.4, -0.2) is 33.3 Å². The topological polar surface area (TPSA) is 40.1 Å². The Bertz CT molecular complexity index is 78.9. The fraction of sp³-hybridized carbons (Fsp3) is 0. The van der Waals surface area contributed by atoms with Gasteiger partial charge in [-0.2, -0.15) is 0 Å². The van der Waals surface area contributed by atoms with E-state index in [9.17, 15) is 9.90 Å². The van der Waals surface area contributed by atoms with Crippen molar-refractivity contribution in [1.29, 1.82) is 0 Å². The summed E-state index contributed by atoms with van der Waals surface area (Å²) in [6.07, 6.45) is 0. The zero-order valence-electron chi connectivity index (χ0n) is 3.48. The normalized spacial score (nSPS) is 6.43. The second kappa shape index (κ2) is 5.01. The molecule has 0 aliphatic carbocycles. The molecule has 0 saturated heterocycles. The van der Waals surface area contributed by atoms with E-state index in [-0.39, 0.29) is 30.9 Å². The van der Waals surface area contributed by atoms with Gasteiger partial charge in [0.2, 0.25) is 0 Å². The Balaban J connectivity index is 0. The third-order valence-corrected chi connectivity index (χ3v) is 0.662. The molecule has 2 nitrogen and oxygen atoms in total. The summed E-state index contributed by atoms with van der Waals surface area (Å²) in [4.78, 5) is 9.48. The molecule has 0 fully saturated rings. The monoisotopic (exact) mass is 402 g/mol. The molecule has 0 unspecified atom stereocenters. The first-order chi connectivity index (χ1) is 2.64. The Morgan fingerprint density at radius 2 is 1.86 bits per heavy atom. The third-order valence-electron chi connectivity index (χ3n) is 0.221. The van der Waals surface area contributed by atoms with E-state index in [0.29, 0.717) is 0 Å². The summed E-state index contributed by atoms with van der Waals surface area (Å²) < 4.78 is 0.0348. The van der Waals surface area contributed by atoms with Gasteiger partial charge in [0, 0.05) is 3.58 Å². The van der Waals surface area contributed by atoms with Gasteiger partial charge in [0.15, 0.2) is 0 Å². The van der Waals surface area contributed by atoms with Crippen molar-refractivity contribution in [2.24, 2.45) is 0 Å². The summed E-state index contributed by atoms with van der Waals surface area (Å²) in [5.41, 5.74) is 0. The van der Waals surface area contributed by atoms with Gasteiger partial charge in [-0.25, -0.2) is 0 Å². The molecule has 0 aromatic rings. The smallest absolute Gasteiger partial charge is 0.544 e. The predicted octanol–water partition coefficient (Wildman–Crippen LogP) is -0.696. The fourth-order valence-corrected chi connectivity index (χ4v) is 0. The van der Waals surface area contributed by atoms with Crippen molar-refractivity contribution in [3.05, 3.63) is 10.2 Å². The molecule has 0 aromatic carbocycles. The SMILES string of the molecule is C=C(I)C(=O)[O-].[Tl+].